The molecule has 2 atom stereocenters. The minimum atomic E-state index is 0.0285. The molecule has 1 aliphatic rings. The number of hydrogen-bond acceptors (Lipinski definition) is 3. The monoisotopic (exact) mass is 223 g/mol. The molecule has 90 valence electrons. The molecule has 0 amide bonds. The van der Waals surface area contributed by atoms with Gasteiger partial charge in [-0.25, -0.2) is 0 Å². The van der Waals surface area contributed by atoms with Gasteiger partial charge < -0.3 is 10.5 Å². The molecular formula is C12H21N3O. The minimum Gasteiger partial charge on any atom is -0.372 e. The molecule has 0 aliphatic carbocycles. The summed E-state index contributed by atoms with van der Waals surface area (Å²) in [5.41, 5.74) is 8.31. The second-order valence-corrected chi connectivity index (χ2v) is 4.44. The molecule has 0 saturated carbocycles. The minimum absolute atomic E-state index is 0.0285. The normalized spacial score (nSPS) is 23.3. The molecule has 4 nitrogen and oxygen atoms in total. The summed E-state index contributed by atoms with van der Waals surface area (Å²) in [4.78, 5) is 0. The average Bonchev–Trinajstić information content (AvgIpc) is 2.73. The lowest BCUT2D eigenvalue weighted by atomic mass is 10.0. The van der Waals surface area contributed by atoms with Gasteiger partial charge in [0.1, 0.15) is 0 Å². The molecule has 2 unspecified atom stereocenters. The second kappa shape index (κ2) is 4.97. The van der Waals surface area contributed by atoms with Crippen LogP contribution in [0.25, 0.3) is 0 Å². The molecular weight excluding hydrogens is 202 g/mol. The van der Waals surface area contributed by atoms with E-state index in [9.17, 15) is 0 Å². The highest BCUT2D eigenvalue weighted by Gasteiger charge is 2.24. The van der Waals surface area contributed by atoms with Crippen molar-refractivity contribution < 1.29 is 4.74 Å². The first kappa shape index (κ1) is 11.6. The average molecular weight is 223 g/mol. The van der Waals surface area contributed by atoms with E-state index in [0.29, 0.717) is 0 Å². The van der Waals surface area contributed by atoms with Gasteiger partial charge in [-0.05, 0) is 33.1 Å². The van der Waals surface area contributed by atoms with Crippen LogP contribution < -0.4 is 5.73 Å². The zero-order chi connectivity index (χ0) is 11.5. The number of aromatic nitrogens is 2. The van der Waals surface area contributed by atoms with Crippen LogP contribution in [0.4, 0.5) is 0 Å². The van der Waals surface area contributed by atoms with Crippen molar-refractivity contribution in [2.24, 2.45) is 5.73 Å². The number of rotatable bonds is 3. The fourth-order valence-corrected chi connectivity index (χ4v) is 2.32. The largest absolute Gasteiger partial charge is 0.372 e. The standard InChI is InChI=1S/C12H21N3O/c1-3-15-12(10(8-14-15)9(2)13)11-6-4-5-7-16-11/h8-9,11H,3-7,13H2,1-2H3. The first-order valence-corrected chi connectivity index (χ1v) is 6.16. The Balaban J connectivity index is 2.31. The number of ether oxygens (including phenoxy) is 1. The fraction of sp³-hybridized carbons (Fsp3) is 0.750. The maximum Gasteiger partial charge on any atom is 0.0994 e. The van der Waals surface area contributed by atoms with Gasteiger partial charge in [-0.2, -0.15) is 5.10 Å². The highest BCUT2D eigenvalue weighted by atomic mass is 16.5. The van der Waals surface area contributed by atoms with Crippen LogP contribution in [0.1, 0.15) is 56.5 Å². The Hall–Kier alpha value is -0.870. The van der Waals surface area contributed by atoms with E-state index in [1.54, 1.807) is 0 Å². The SMILES string of the molecule is CCn1ncc(C(C)N)c1C1CCCCO1. The molecule has 2 N–H and O–H groups in total. The van der Waals surface area contributed by atoms with Crippen LogP contribution >= 0.6 is 0 Å². The third-order valence-corrected chi connectivity index (χ3v) is 3.18. The molecule has 2 rings (SSSR count). The Labute approximate surface area is 96.8 Å². The van der Waals surface area contributed by atoms with E-state index in [2.05, 4.69) is 12.0 Å². The topological polar surface area (TPSA) is 53.1 Å². The van der Waals surface area contributed by atoms with Crippen LogP contribution in [0, 0.1) is 0 Å². The summed E-state index contributed by atoms with van der Waals surface area (Å²) in [6.07, 6.45) is 5.58. The van der Waals surface area contributed by atoms with Gasteiger partial charge in [0.05, 0.1) is 18.0 Å². The van der Waals surface area contributed by atoms with Crippen LogP contribution in [-0.2, 0) is 11.3 Å². The van der Waals surface area contributed by atoms with Crippen LogP contribution in [-0.4, -0.2) is 16.4 Å². The maximum absolute atomic E-state index is 5.98. The number of hydrogen-bond donors (Lipinski definition) is 1. The highest BCUT2D eigenvalue weighted by molar-refractivity contribution is 5.23. The van der Waals surface area contributed by atoms with Crippen molar-refractivity contribution in [2.75, 3.05) is 6.61 Å². The smallest absolute Gasteiger partial charge is 0.0994 e. The predicted octanol–water partition coefficient (Wildman–Crippen LogP) is 2.16. The molecule has 1 aromatic heterocycles. The zero-order valence-corrected chi connectivity index (χ0v) is 10.1. The van der Waals surface area contributed by atoms with Gasteiger partial charge in [-0.3, -0.25) is 4.68 Å². The van der Waals surface area contributed by atoms with Gasteiger partial charge in [0.2, 0.25) is 0 Å². The van der Waals surface area contributed by atoms with Crippen molar-refractivity contribution in [3.63, 3.8) is 0 Å². The van der Waals surface area contributed by atoms with E-state index in [-0.39, 0.29) is 12.1 Å². The fourth-order valence-electron chi connectivity index (χ4n) is 2.32. The van der Waals surface area contributed by atoms with Gasteiger partial charge >= 0.3 is 0 Å². The van der Waals surface area contributed by atoms with Crippen LogP contribution in [0.5, 0.6) is 0 Å². The van der Waals surface area contributed by atoms with Gasteiger partial charge in [-0.15, -0.1) is 0 Å². The van der Waals surface area contributed by atoms with Gasteiger partial charge in [0.15, 0.2) is 0 Å². The number of aryl methyl sites for hydroxylation is 1. The molecule has 1 fully saturated rings. The van der Waals surface area contributed by atoms with Crippen molar-refractivity contribution in [1.29, 1.82) is 0 Å². The lowest BCUT2D eigenvalue weighted by Crippen LogP contribution is -2.19. The molecule has 1 saturated heterocycles. The van der Waals surface area contributed by atoms with Crippen molar-refractivity contribution in [1.82, 2.24) is 9.78 Å². The summed E-state index contributed by atoms with van der Waals surface area (Å²) in [5, 5.41) is 4.39. The third-order valence-electron chi connectivity index (χ3n) is 3.18. The summed E-state index contributed by atoms with van der Waals surface area (Å²) in [7, 11) is 0. The molecule has 0 bridgehead atoms. The molecule has 16 heavy (non-hydrogen) atoms. The summed E-state index contributed by atoms with van der Waals surface area (Å²) >= 11 is 0. The molecule has 2 heterocycles. The van der Waals surface area contributed by atoms with E-state index in [0.717, 1.165) is 25.1 Å². The first-order valence-electron chi connectivity index (χ1n) is 6.16. The lowest BCUT2D eigenvalue weighted by Gasteiger charge is -2.25. The third kappa shape index (κ3) is 2.13. The summed E-state index contributed by atoms with van der Waals surface area (Å²) < 4.78 is 7.86. The van der Waals surface area contributed by atoms with Crippen molar-refractivity contribution in [3.05, 3.63) is 17.5 Å². The van der Waals surface area contributed by atoms with Crippen LogP contribution in [0.2, 0.25) is 0 Å². The van der Waals surface area contributed by atoms with Crippen molar-refractivity contribution >= 4 is 0 Å². The Morgan fingerprint density at radius 1 is 1.62 bits per heavy atom. The van der Waals surface area contributed by atoms with E-state index >= 15 is 0 Å². The molecule has 0 radical (unpaired) electrons. The molecule has 0 aromatic carbocycles. The van der Waals surface area contributed by atoms with Crippen molar-refractivity contribution in [3.8, 4) is 0 Å². The lowest BCUT2D eigenvalue weighted by molar-refractivity contribution is 0.00886. The van der Waals surface area contributed by atoms with E-state index < -0.39 is 0 Å². The Bertz CT molecular complexity index is 340. The number of nitrogens with zero attached hydrogens (tertiary/aromatic N) is 2. The van der Waals surface area contributed by atoms with E-state index in [1.807, 2.05) is 17.8 Å². The van der Waals surface area contributed by atoms with Crippen molar-refractivity contribution in [2.45, 2.75) is 51.8 Å². The predicted molar refractivity (Wildman–Crippen MR) is 63.0 cm³/mol. The Morgan fingerprint density at radius 2 is 2.44 bits per heavy atom. The van der Waals surface area contributed by atoms with Gasteiger partial charge in [0, 0.05) is 24.8 Å². The Morgan fingerprint density at radius 3 is 3.00 bits per heavy atom. The van der Waals surface area contributed by atoms with Crippen LogP contribution in [0.3, 0.4) is 0 Å². The first-order chi connectivity index (χ1) is 7.74. The molecule has 1 aromatic rings. The molecule has 0 spiro atoms. The van der Waals surface area contributed by atoms with E-state index in [4.69, 9.17) is 10.5 Å². The van der Waals surface area contributed by atoms with E-state index in [1.165, 1.54) is 18.5 Å². The number of nitrogens with two attached hydrogens (primary N) is 1. The highest BCUT2D eigenvalue weighted by Crippen LogP contribution is 2.32. The summed E-state index contributed by atoms with van der Waals surface area (Å²) in [6.45, 7) is 5.84. The quantitative estimate of drug-likeness (QED) is 0.854. The second-order valence-electron chi connectivity index (χ2n) is 4.44. The summed E-state index contributed by atoms with van der Waals surface area (Å²) in [6, 6.07) is 0.0285. The Kier molecular flexibility index (Phi) is 3.61. The molecule has 4 heteroatoms. The summed E-state index contributed by atoms with van der Waals surface area (Å²) in [5.74, 6) is 0. The van der Waals surface area contributed by atoms with Gasteiger partial charge in [0.25, 0.3) is 0 Å². The maximum atomic E-state index is 5.98. The van der Waals surface area contributed by atoms with Crippen LogP contribution in [0.15, 0.2) is 6.20 Å². The van der Waals surface area contributed by atoms with Gasteiger partial charge in [-0.1, -0.05) is 0 Å². The molecule has 1 aliphatic heterocycles. The zero-order valence-electron chi connectivity index (χ0n) is 10.1.